The van der Waals surface area contributed by atoms with Crippen LogP contribution < -0.4 is 15.5 Å². The van der Waals surface area contributed by atoms with Gasteiger partial charge in [0.2, 0.25) is 5.95 Å². The number of nitrogens with zero attached hydrogens (tertiary/aromatic N) is 6. The Hall–Kier alpha value is -2.29. The van der Waals surface area contributed by atoms with Crippen molar-refractivity contribution >= 4 is 28.3 Å². The molecule has 120 valence electrons. The van der Waals surface area contributed by atoms with Gasteiger partial charge in [0.1, 0.15) is 10.7 Å². The number of nitrogen functional groups attached to an aromatic ring is 1. The van der Waals surface area contributed by atoms with E-state index in [4.69, 9.17) is 5.73 Å². The van der Waals surface area contributed by atoms with Crippen molar-refractivity contribution in [3.8, 4) is 0 Å². The molecule has 2 aliphatic heterocycles. The summed E-state index contributed by atoms with van der Waals surface area (Å²) < 4.78 is 11.9. The zero-order chi connectivity index (χ0) is 15.8. The maximum Gasteiger partial charge on any atom is 0.227 e. The Morgan fingerprint density at radius 3 is 2.61 bits per heavy atom. The summed E-state index contributed by atoms with van der Waals surface area (Å²) in [7, 11) is -1.04. The van der Waals surface area contributed by atoms with Crippen LogP contribution in [0.15, 0.2) is 23.4 Å². The third-order valence-corrected chi connectivity index (χ3v) is 5.67. The van der Waals surface area contributed by atoms with Gasteiger partial charge in [0.25, 0.3) is 0 Å². The fourth-order valence-electron chi connectivity index (χ4n) is 2.99. The highest BCUT2D eigenvalue weighted by Crippen LogP contribution is 2.28. The monoisotopic (exact) mass is 331 g/mol. The molecular formula is C14H17N7OS. The van der Waals surface area contributed by atoms with Crippen molar-refractivity contribution in [1.82, 2.24) is 20.2 Å². The summed E-state index contributed by atoms with van der Waals surface area (Å²) in [5.41, 5.74) is 7.90. The number of piperazine rings is 1. The van der Waals surface area contributed by atoms with Gasteiger partial charge in [0, 0.05) is 38.4 Å². The minimum absolute atomic E-state index is 0.363. The molecule has 2 aromatic rings. The van der Waals surface area contributed by atoms with Gasteiger partial charge >= 0.3 is 0 Å². The molecule has 0 spiro atoms. The van der Waals surface area contributed by atoms with Crippen molar-refractivity contribution in [3.63, 3.8) is 0 Å². The number of aryl methyl sites for hydroxylation is 1. The largest absolute Gasteiger partial charge is 0.383 e. The Kier molecular flexibility index (Phi) is 3.56. The quantitative estimate of drug-likeness (QED) is 0.810. The summed E-state index contributed by atoms with van der Waals surface area (Å²) in [4.78, 5) is 14.0. The third-order valence-electron chi connectivity index (χ3n) is 4.20. The molecule has 0 radical (unpaired) electrons. The lowest BCUT2D eigenvalue weighted by Crippen LogP contribution is -2.47. The van der Waals surface area contributed by atoms with Crippen LogP contribution in [-0.4, -0.2) is 56.3 Å². The average molecular weight is 331 g/mol. The Labute approximate surface area is 136 Å². The van der Waals surface area contributed by atoms with E-state index in [0.29, 0.717) is 28.8 Å². The standard InChI is InChI=1S/C14H17N7OS/c15-13-12-11(2-8-23(12)22)18-14(19-13)21-6-4-20(5-7-21)10-1-3-16-17-9-10/h1,3,9H,2,4-8H2,(H2,15,18,19). The highest BCUT2D eigenvalue weighted by molar-refractivity contribution is 7.85. The van der Waals surface area contributed by atoms with E-state index in [1.54, 1.807) is 12.4 Å². The fraction of sp³-hybridized carbons (Fsp3) is 0.429. The van der Waals surface area contributed by atoms with Crippen molar-refractivity contribution in [2.75, 3.05) is 47.5 Å². The summed E-state index contributed by atoms with van der Waals surface area (Å²) >= 11 is 0. The maximum atomic E-state index is 11.9. The molecule has 0 saturated carbocycles. The molecule has 0 amide bonds. The maximum absolute atomic E-state index is 11.9. The van der Waals surface area contributed by atoms with Crippen molar-refractivity contribution < 1.29 is 4.21 Å². The molecule has 1 atom stereocenters. The van der Waals surface area contributed by atoms with Gasteiger partial charge in [0.05, 0.1) is 34.6 Å². The van der Waals surface area contributed by atoms with Gasteiger partial charge in [0.15, 0.2) is 0 Å². The number of fused-ring (bicyclic) bond motifs is 1. The molecule has 4 rings (SSSR count). The minimum atomic E-state index is -1.04. The third kappa shape index (κ3) is 2.61. The summed E-state index contributed by atoms with van der Waals surface area (Å²) in [6.45, 7) is 3.34. The molecule has 2 aromatic heterocycles. The number of rotatable bonds is 2. The lowest BCUT2D eigenvalue weighted by atomic mass is 10.3. The van der Waals surface area contributed by atoms with Gasteiger partial charge in [-0.15, -0.1) is 0 Å². The highest BCUT2D eigenvalue weighted by Gasteiger charge is 2.27. The lowest BCUT2D eigenvalue weighted by molar-refractivity contribution is 0.636. The van der Waals surface area contributed by atoms with Crippen molar-refractivity contribution in [2.24, 2.45) is 0 Å². The van der Waals surface area contributed by atoms with Crippen LogP contribution in [0.4, 0.5) is 17.5 Å². The smallest absolute Gasteiger partial charge is 0.227 e. The van der Waals surface area contributed by atoms with Crippen LogP contribution in [0.1, 0.15) is 5.69 Å². The van der Waals surface area contributed by atoms with Crippen LogP contribution in [0.3, 0.4) is 0 Å². The normalized spacial score (nSPS) is 20.6. The van der Waals surface area contributed by atoms with Crippen molar-refractivity contribution in [3.05, 3.63) is 24.2 Å². The first-order valence-corrected chi connectivity index (χ1v) is 8.85. The van der Waals surface area contributed by atoms with E-state index >= 15 is 0 Å². The zero-order valence-corrected chi connectivity index (χ0v) is 13.4. The predicted molar refractivity (Wildman–Crippen MR) is 87.9 cm³/mol. The SMILES string of the molecule is Nc1nc(N2CCN(c3ccnnc3)CC2)nc2c1S(=O)CC2. The molecule has 2 aliphatic rings. The predicted octanol–water partition coefficient (Wildman–Crippen LogP) is -0.161. The van der Waals surface area contributed by atoms with Crippen LogP contribution in [-0.2, 0) is 17.2 Å². The molecule has 0 aromatic carbocycles. The van der Waals surface area contributed by atoms with E-state index in [1.807, 2.05) is 6.07 Å². The van der Waals surface area contributed by atoms with Crippen LogP contribution in [0.2, 0.25) is 0 Å². The van der Waals surface area contributed by atoms with E-state index in [0.717, 1.165) is 37.6 Å². The van der Waals surface area contributed by atoms with Crippen LogP contribution >= 0.6 is 0 Å². The van der Waals surface area contributed by atoms with Crippen molar-refractivity contribution in [1.29, 1.82) is 0 Å². The second-order valence-corrected chi connectivity index (χ2v) is 7.07. The first kappa shape index (κ1) is 14.3. The second kappa shape index (κ2) is 5.73. The van der Waals surface area contributed by atoms with Crippen molar-refractivity contribution in [2.45, 2.75) is 11.3 Å². The van der Waals surface area contributed by atoms with E-state index in [2.05, 4.69) is 30.0 Å². The van der Waals surface area contributed by atoms with E-state index in [1.165, 1.54) is 0 Å². The van der Waals surface area contributed by atoms with E-state index in [-0.39, 0.29) is 0 Å². The van der Waals surface area contributed by atoms with E-state index < -0.39 is 10.8 Å². The Morgan fingerprint density at radius 1 is 1.09 bits per heavy atom. The van der Waals surface area contributed by atoms with Crippen LogP contribution in [0, 0.1) is 0 Å². The highest BCUT2D eigenvalue weighted by atomic mass is 32.2. The number of anilines is 3. The fourth-order valence-corrected chi connectivity index (χ4v) is 4.26. The Balaban J connectivity index is 1.51. The molecular weight excluding hydrogens is 314 g/mol. The molecule has 1 saturated heterocycles. The zero-order valence-electron chi connectivity index (χ0n) is 12.6. The molecule has 0 bridgehead atoms. The number of aromatic nitrogens is 4. The molecule has 4 heterocycles. The van der Waals surface area contributed by atoms with Gasteiger partial charge in [-0.2, -0.15) is 15.2 Å². The lowest BCUT2D eigenvalue weighted by Gasteiger charge is -2.35. The molecule has 8 nitrogen and oxygen atoms in total. The Bertz CT molecular complexity index is 746. The molecule has 23 heavy (non-hydrogen) atoms. The molecule has 1 fully saturated rings. The number of hydrogen-bond acceptors (Lipinski definition) is 8. The minimum Gasteiger partial charge on any atom is -0.383 e. The Morgan fingerprint density at radius 2 is 1.87 bits per heavy atom. The topological polar surface area (TPSA) is 101 Å². The van der Waals surface area contributed by atoms with Crippen LogP contribution in [0.5, 0.6) is 0 Å². The molecule has 0 aliphatic carbocycles. The van der Waals surface area contributed by atoms with Gasteiger partial charge in [-0.05, 0) is 6.07 Å². The average Bonchev–Trinajstić information content (AvgIpc) is 2.97. The van der Waals surface area contributed by atoms with Crippen LogP contribution in [0.25, 0.3) is 0 Å². The molecule has 1 unspecified atom stereocenters. The molecule has 2 N–H and O–H groups in total. The first-order valence-electron chi connectivity index (χ1n) is 7.54. The second-order valence-electron chi connectivity index (χ2n) is 5.56. The van der Waals surface area contributed by atoms with E-state index in [9.17, 15) is 4.21 Å². The van der Waals surface area contributed by atoms with Gasteiger partial charge in [-0.25, -0.2) is 4.98 Å². The number of nitrogens with two attached hydrogens (primary N) is 1. The first-order chi connectivity index (χ1) is 11.2. The summed E-state index contributed by atoms with van der Waals surface area (Å²) in [5, 5.41) is 7.73. The summed E-state index contributed by atoms with van der Waals surface area (Å²) in [6, 6.07) is 1.96. The van der Waals surface area contributed by atoms with Gasteiger partial charge < -0.3 is 15.5 Å². The van der Waals surface area contributed by atoms with Gasteiger partial charge in [-0.1, -0.05) is 0 Å². The van der Waals surface area contributed by atoms with Gasteiger partial charge in [-0.3, -0.25) is 4.21 Å². The molecule has 9 heteroatoms. The summed E-state index contributed by atoms with van der Waals surface area (Å²) in [6.07, 6.45) is 4.19. The summed E-state index contributed by atoms with van der Waals surface area (Å²) in [5.74, 6) is 1.61. The number of hydrogen-bond donors (Lipinski definition) is 1.